The quantitative estimate of drug-likeness (QED) is 0.358. The first kappa shape index (κ1) is 25.2. The minimum Gasteiger partial charge on any atom is -0.450 e. The van der Waals surface area contributed by atoms with E-state index in [9.17, 15) is 29.3 Å². The molecule has 12 heteroatoms. The van der Waals surface area contributed by atoms with Crippen LogP contribution >= 0.6 is 0 Å². The molecule has 12 nitrogen and oxygen atoms in total. The molecule has 0 bridgehead atoms. The van der Waals surface area contributed by atoms with E-state index in [1.807, 2.05) is 35.2 Å². The van der Waals surface area contributed by atoms with Crippen molar-refractivity contribution in [2.24, 2.45) is 5.41 Å². The Labute approximate surface area is 218 Å². The van der Waals surface area contributed by atoms with Gasteiger partial charge in [-0.3, -0.25) is 29.9 Å². The first-order valence-electron chi connectivity index (χ1n) is 12.4. The second-order valence-electron chi connectivity index (χ2n) is 9.52. The van der Waals surface area contributed by atoms with E-state index < -0.39 is 40.3 Å². The number of anilines is 1. The van der Waals surface area contributed by atoms with Gasteiger partial charge in [0.25, 0.3) is 5.69 Å². The topological polar surface area (TPSA) is 142 Å². The molecule has 2 atom stereocenters. The Kier molecular flexibility index (Phi) is 6.47. The summed E-state index contributed by atoms with van der Waals surface area (Å²) < 4.78 is 5.17. The van der Waals surface area contributed by atoms with Gasteiger partial charge in [-0.25, -0.2) is 9.59 Å². The van der Waals surface area contributed by atoms with Crippen LogP contribution in [0, 0.1) is 15.5 Å². The number of imide groups is 2. The predicted molar refractivity (Wildman–Crippen MR) is 134 cm³/mol. The van der Waals surface area contributed by atoms with Crippen molar-refractivity contribution in [2.45, 2.75) is 25.8 Å². The molecule has 0 unspecified atom stereocenters. The highest BCUT2D eigenvalue weighted by Crippen LogP contribution is 2.46. The van der Waals surface area contributed by atoms with Crippen molar-refractivity contribution in [2.75, 3.05) is 37.7 Å². The zero-order valence-corrected chi connectivity index (χ0v) is 20.8. The van der Waals surface area contributed by atoms with E-state index in [-0.39, 0.29) is 44.9 Å². The molecule has 0 saturated carbocycles. The lowest BCUT2D eigenvalue weighted by Gasteiger charge is -2.55. The average Bonchev–Trinajstić information content (AvgIpc) is 2.91. The summed E-state index contributed by atoms with van der Waals surface area (Å²) in [6, 6.07) is 12.1. The van der Waals surface area contributed by atoms with Crippen molar-refractivity contribution in [3.63, 3.8) is 0 Å². The molecule has 5 rings (SSSR count). The number of nitro benzene ring substituents is 1. The van der Waals surface area contributed by atoms with Gasteiger partial charge in [-0.2, -0.15) is 0 Å². The zero-order chi connectivity index (χ0) is 27.0. The third kappa shape index (κ3) is 4.11. The Bertz CT molecular complexity index is 1320. The highest BCUT2D eigenvalue weighted by atomic mass is 16.6. The molecule has 1 spiro atoms. The number of amides is 5. The Morgan fingerprint density at radius 1 is 1.16 bits per heavy atom. The number of fused-ring (bicyclic) bond motifs is 4. The number of ether oxygens (including phenoxy) is 1. The first-order valence-corrected chi connectivity index (χ1v) is 12.4. The number of hydrogen-bond acceptors (Lipinski definition) is 8. The Morgan fingerprint density at radius 2 is 1.92 bits per heavy atom. The number of piperazine rings is 1. The van der Waals surface area contributed by atoms with Gasteiger partial charge < -0.3 is 14.5 Å². The van der Waals surface area contributed by atoms with Crippen LogP contribution in [0.3, 0.4) is 0 Å². The number of nitro groups is 1. The van der Waals surface area contributed by atoms with Gasteiger partial charge in [0, 0.05) is 50.4 Å². The van der Waals surface area contributed by atoms with E-state index in [1.54, 1.807) is 13.0 Å². The summed E-state index contributed by atoms with van der Waals surface area (Å²) >= 11 is 0. The normalized spacial score (nSPS) is 22.6. The predicted octanol–water partition coefficient (Wildman–Crippen LogP) is 2.11. The van der Waals surface area contributed by atoms with Crippen molar-refractivity contribution in [1.82, 2.24) is 15.1 Å². The molecule has 3 heterocycles. The minimum atomic E-state index is -1.78. The molecule has 0 aromatic heterocycles. The summed E-state index contributed by atoms with van der Waals surface area (Å²) in [6.45, 7) is 2.45. The summed E-state index contributed by atoms with van der Waals surface area (Å²) in [5.41, 5.74) is 0.0847. The number of carbonyl (C=O) groups is 4. The Balaban J connectivity index is 1.56. The second kappa shape index (κ2) is 9.77. The number of nitrogens with zero attached hydrogens (tertiary/aromatic N) is 4. The molecule has 5 amide bonds. The molecular weight excluding hydrogens is 494 g/mol. The lowest BCUT2D eigenvalue weighted by molar-refractivity contribution is -0.384. The molecule has 2 aromatic rings. The van der Waals surface area contributed by atoms with Crippen LogP contribution in [0.4, 0.5) is 21.0 Å². The number of nitrogens with one attached hydrogen (secondary N) is 1. The fourth-order valence-electron chi connectivity index (χ4n) is 5.64. The molecule has 0 aliphatic carbocycles. The van der Waals surface area contributed by atoms with Gasteiger partial charge >= 0.3 is 12.1 Å². The highest BCUT2D eigenvalue weighted by Gasteiger charge is 2.63. The van der Waals surface area contributed by atoms with Crippen molar-refractivity contribution in [3.8, 4) is 0 Å². The maximum atomic E-state index is 14.2. The van der Waals surface area contributed by atoms with Crippen molar-refractivity contribution in [1.29, 1.82) is 0 Å². The van der Waals surface area contributed by atoms with Gasteiger partial charge in [0.05, 0.1) is 17.6 Å². The number of non-ortho nitro benzene ring substituents is 1. The summed E-state index contributed by atoms with van der Waals surface area (Å²) in [6.07, 6.45) is -0.324. The number of rotatable bonds is 5. The number of hydrogen-bond donors (Lipinski definition) is 1. The summed E-state index contributed by atoms with van der Waals surface area (Å²) in [5, 5.41) is 13.9. The highest BCUT2D eigenvalue weighted by molar-refractivity contribution is 6.20. The third-order valence-corrected chi connectivity index (χ3v) is 7.49. The van der Waals surface area contributed by atoms with Crippen LogP contribution in [0.5, 0.6) is 0 Å². The second-order valence-corrected chi connectivity index (χ2v) is 9.52. The van der Waals surface area contributed by atoms with Crippen molar-refractivity contribution < 1.29 is 28.8 Å². The average molecular weight is 522 g/mol. The zero-order valence-electron chi connectivity index (χ0n) is 20.8. The molecule has 0 radical (unpaired) electrons. The van der Waals surface area contributed by atoms with Crippen molar-refractivity contribution >= 4 is 35.3 Å². The van der Waals surface area contributed by atoms with Gasteiger partial charge in [0.1, 0.15) is 0 Å². The molecule has 2 saturated heterocycles. The van der Waals surface area contributed by atoms with Crippen LogP contribution in [0.15, 0.2) is 48.5 Å². The maximum absolute atomic E-state index is 14.2. The Morgan fingerprint density at radius 3 is 2.63 bits per heavy atom. The Hall–Kier alpha value is -4.48. The van der Waals surface area contributed by atoms with E-state index in [4.69, 9.17) is 4.74 Å². The van der Waals surface area contributed by atoms with Crippen LogP contribution in [-0.4, -0.2) is 77.5 Å². The summed E-state index contributed by atoms with van der Waals surface area (Å²) in [7, 11) is 0. The van der Waals surface area contributed by atoms with Crippen LogP contribution in [0.2, 0.25) is 0 Å². The third-order valence-electron chi connectivity index (χ3n) is 7.49. The fraction of sp³-hybridized carbons (Fsp3) is 0.385. The smallest absolute Gasteiger partial charge is 0.409 e. The molecule has 2 fully saturated rings. The summed E-state index contributed by atoms with van der Waals surface area (Å²) in [5.74, 6) is -1.46. The van der Waals surface area contributed by atoms with Crippen LogP contribution < -0.4 is 10.2 Å². The molecule has 1 N–H and O–H groups in total. The van der Waals surface area contributed by atoms with E-state index in [2.05, 4.69) is 5.32 Å². The fourth-order valence-corrected chi connectivity index (χ4v) is 5.64. The first-order chi connectivity index (χ1) is 18.3. The monoisotopic (exact) mass is 521 g/mol. The van der Waals surface area contributed by atoms with Gasteiger partial charge in [-0.1, -0.05) is 30.3 Å². The van der Waals surface area contributed by atoms with E-state index in [0.717, 1.165) is 10.5 Å². The van der Waals surface area contributed by atoms with Gasteiger partial charge in [0.15, 0.2) is 5.41 Å². The van der Waals surface area contributed by atoms with Gasteiger partial charge in [-0.05, 0) is 30.5 Å². The van der Waals surface area contributed by atoms with Crippen LogP contribution in [0.1, 0.15) is 18.1 Å². The van der Waals surface area contributed by atoms with E-state index >= 15 is 0 Å². The molecular formula is C26H27N5O7. The number of urea groups is 1. The van der Waals surface area contributed by atoms with Crippen LogP contribution in [-0.2, 0) is 27.2 Å². The largest absolute Gasteiger partial charge is 0.450 e. The molecule has 3 aliphatic heterocycles. The molecule has 38 heavy (non-hydrogen) atoms. The molecule has 198 valence electrons. The number of barbiturate groups is 1. The number of benzene rings is 2. The lowest BCUT2D eigenvalue weighted by atomic mass is 9.67. The van der Waals surface area contributed by atoms with Crippen molar-refractivity contribution in [3.05, 3.63) is 69.8 Å². The lowest BCUT2D eigenvalue weighted by Crippen LogP contribution is -2.75. The minimum absolute atomic E-state index is 0.00906. The summed E-state index contributed by atoms with van der Waals surface area (Å²) in [4.78, 5) is 68.6. The maximum Gasteiger partial charge on any atom is 0.409 e. The van der Waals surface area contributed by atoms with Gasteiger partial charge in [-0.15, -0.1) is 0 Å². The van der Waals surface area contributed by atoms with Crippen LogP contribution in [0.25, 0.3) is 0 Å². The number of carbonyl (C=O) groups excluding carboxylic acids is 4. The van der Waals surface area contributed by atoms with Gasteiger partial charge in [0.2, 0.25) is 11.8 Å². The molecule has 3 aliphatic rings. The molecule has 2 aromatic carbocycles. The van der Waals surface area contributed by atoms with E-state index in [0.29, 0.717) is 17.7 Å². The standard InChI is InChI=1S/C26H27N5O7/c1-2-38-25(35)28-12-13-29-20-9-8-19(31(36)37)14-18(20)15-26(21(29)16-28)22(32)27-24(34)30(23(26)33)11-10-17-6-4-3-5-7-17/h3-9,14,21H,2,10-13,15-16H2,1H3,(H,27,32,34)/t21-,26-/m0/s1. The SMILES string of the molecule is CCOC(=O)N1CCN2c3ccc([N+](=O)[O-])cc3C[C@@]3(C(=O)NC(=O)N(CCc4ccccc4)C3=O)[C@@H]2C1. The van der Waals surface area contributed by atoms with E-state index in [1.165, 1.54) is 17.0 Å².